The molecule has 0 bridgehead atoms. The number of methoxy groups -OCH3 is 1. The van der Waals surface area contributed by atoms with E-state index < -0.39 is 10.7 Å². The first-order valence-electron chi connectivity index (χ1n) is 7.24. The Morgan fingerprint density at radius 3 is 2.58 bits per heavy atom. The standard InChI is InChI=1S/C18H12FN3O4/c1-25-17-5-2-12(6-13(9-20)10-21)7-14(17)11-26-18-8-15(19)3-4-16(18)22(23)24/h2-8H,11H2,1H3. The van der Waals surface area contributed by atoms with Gasteiger partial charge in [0.1, 0.15) is 35.9 Å². The highest BCUT2D eigenvalue weighted by Gasteiger charge is 2.17. The molecule has 0 spiro atoms. The number of benzene rings is 2. The number of nitrogens with zero attached hydrogens (tertiary/aromatic N) is 3. The van der Waals surface area contributed by atoms with Crippen LogP contribution in [0.2, 0.25) is 0 Å². The van der Waals surface area contributed by atoms with Gasteiger partial charge in [-0.25, -0.2) is 4.39 Å². The first-order valence-corrected chi connectivity index (χ1v) is 7.24. The summed E-state index contributed by atoms with van der Waals surface area (Å²) in [4.78, 5) is 10.3. The van der Waals surface area contributed by atoms with Gasteiger partial charge in [-0.05, 0) is 29.8 Å². The van der Waals surface area contributed by atoms with E-state index in [1.54, 1.807) is 30.3 Å². The Labute approximate surface area is 148 Å². The maximum atomic E-state index is 13.4. The summed E-state index contributed by atoms with van der Waals surface area (Å²) in [5.74, 6) is -0.439. The molecule has 0 aromatic heterocycles. The minimum absolute atomic E-state index is 0.0807. The van der Waals surface area contributed by atoms with Crippen molar-refractivity contribution in [3.63, 3.8) is 0 Å². The van der Waals surface area contributed by atoms with Crippen LogP contribution in [0.4, 0.5) is 10.1 Å². The normalized spacial score (nSPS) is 9.54. The smallest absolute Gasteiger partial charge is 0.311 e. The van der Waals surface area contributed by atoms with E-state index in [0.29, 0.717) is 16.9 Å². The van der Waals surface area contributed by atoms with Gasteiger partial charge in [-0.2, -0.15) is 10.5 Å². The highest BCUT2D eigenvalue weighted by atomic mass is 19.1. The molecule has 0 heterocycles. The van der Waals surface area contributed by atoms with Gasteiger partial charge in [-0.1, -0.05) is 6.07 Å². The number of ether oxygens (including phenoxy) is 2. The zero-order valence-corrected chi connectivity index (χ0v) is 13.6. The lowest BCUT2D eigenvalue weighted by molar-refractivity contribution is -0.386. The van der Waals surface area contributed by atoms with Crippen LogP contribution in [-0.4, -0.2) is 12.0 Å². The second-order valence-corrected chi connectivity index (χ2v) is 5.01. The molecule has 8 heteroatoms. The third-order valence-corrected chi connectivity index (χ3v) is 3.36. The van der Waals surface area contributed by atoms with Crippen LogP contribution in [-0.2, 0) is 6.61 Å². The summed E-state index contributed by atoms with van der Waals surface area (Å²) in [6, 6.07) is 11.3. The first-order chi connectivity index (χ1) is 12.5. The molecule has 130 valence electrons. The number of nitro groups is 1. The Morgan fingerprint density at radius 2 is 1.96 bits per heavy atom. The molecule has 0 aliphatic carbocycles. The summed E-state index contributed by atoms with van der Waals surface area (Å²) in [7, 11) is 1.44. The van der Waals surface area contributed by atoms with Gasteiger partial charge in [0, 0.05) is 17.7 Å². The van der Waals surface area contributed by atoms with Crippen molar-refractivity contribution in [1.82, 2.24) is 0 Å². The minimum Gasteiger partial charge on any atom is -0.496 e. The lowest BCUT2D eigenvalue weighted by atomic mass is 10.1. The summed E-state index contributed by atoms with van der Waals surface area (Å²) in [6.45, 7) is -0.135. The molecular weight excluding hydrogens is 341 g/mol. The Kier molecular flexibility index (Phi) is 5.86. The third kappa shape index (κ3) is 4.34. The topological polar surface area (TPSA) is 109 Å². The van der Waals surface area contributed by atoms with Crippen molar-refractivity contribution in [2.24, 2.45) is 0 Å². The van der Waals surface area contributed by atoms with Crippen LogP contribution < -0.4 is 9.47 Å². The van der Waals surface area contributed by atoms with E-state index in [2.05, 4.69) is 0 Å². The van der Waals surface area contributed by atoms with Gasteiger partial charge in [0.25, 0.3) is 0 Å². The predicted octanol–water partition coefficient (Wildman–Crippen LogP) is 3.75. The van der Waals surface area contributed by atoms with Crippen molar-refractivity contribution in [2.45, 2.75) is 6.61 Å². The number of halogens is 1. The van der Waals surface area contributed by atoms with Gasteiger partial charge in [-0.15, -0.1) is 0 Å². The minimum atomic E-state index is -0.669. The highest BCUT2D eigenvalue weighted by Crippen LogP contribution is 2.30. The average Bonchev–Trinajstić information content (AvgIpc) is 2.64. The molecule has 2 aromatic rings. The average molecular weight is 353 g/mol. The lowest BCUT2D eigenvalue weighted by Gasteiger charge is -2.11. The molecule has 7 nitrogen and oxygen atoms in total. The lowest BCUT2D eigenvalue weighted by Crippen LogP contribution is -2.02. The molecule has 0 fully saturated rings. The van der Waals surface area contributed by atoms with Crippen molar-refractivity contribution in [2.75, 3.05) is 7.11 Å². The molecule has 2 rings (SSSR count). The Morgan fingerprint density at radius 1 is 1.23 bits per heavy atom. The molecule has 0 amide bonds. The summed E-state index contributed by atoms with van der Waals surface area (Å²) < 4.78 is 24.0. The Bertz CT molecular complexity index is 942. The fraction of sp³-hybridized carbons (Fsp3) is 0.111. The number of hydrogen-bond acceptors (Lipinski definition) is 6. The van der Waals surface area contributed by atoms with Crippen molar-refractivity contribution in [3.8, 4) is 23.6 Å². The number of nitriles is 2. The quantitative estimate of drug-likeness (QED) is 0.444. The van der Waals surface area contributed by atoms with E-state index in [9.17, 15) is 14.5 Å². The molecule has 0 aliphatic heterocycles. The van der Waals surface area contributed by atoms with Crippen molar-refractivity contribution in [3.05, 3.63) is 69.0 Å². The maximum Gasteiger partial charge on any atom is 0.311 e. The monoisotopic (exact) mass is 353 g/mol. The molecular formula is C18H12FN3O4. The van der Waals surface area contributed by atoms with Gasteiger partial charge in [0.2, 0.25) is 0 Å². The van der Waals surface area contributed by atoms with Crippen LogP contribution >= 0.6 is 0 Å². The predicted molar refractivity (Wildman–Crippen MR) is 89.6 cm³/mol. The molecule has 0 unspecified atom stereocenters. The summed E-state index contributed by atoms with van der Waals surface area (Å²) in [5, 5.41) is 28.7. The number of allylic oxidation sites excluding steroid dienone is 1. The molecule has 26 heavy (non-hydrogen) atoms. The molecule has 0 atom stereocenters. The third-order valence-electron chi connectivity index (χ3n) is 3.36. The molecule has 0 N–H and O–H groups in total. The highest BCUT2D eigenvalue weighted by molar-refractivity contribution is 5.63. The van der Waals surface area contributed by atoms with Crippen molar-refractivity contribution in [1.29, 1.82) is 10.5 Å². The van der Waals surface area contributed by atoms with Crippen molar-refractivity contribution < 1.29 is 18.8 Å². The number of nitro benzene ring substituents is 1. The van der Waals surface area contributed by atoms with E-state index in [0.717, 1.165) is 18.2 Å². The van der Waals surface area contributed by atoms with E-state index in [1.165, 1.54) is 13.2 Å². The summed E-state index contributed by atoms with van der Waals surface area (Å²) in [6.07, 6.45) is 1.38. The van der Waals surface area contributed by atoms with E-state index in [1.807, 2.05) is 0 Å². The SMILES string of the molecule is COc1ccc(C=C(C#N)C#N)cc1COc1cc(F)ccc1[N+](=O)[O-]. The second-order valence-electron chi connectivity index (χ2n) is 5.01. The van der Waals surface area contributed by atoms with Crippen LogP contribution in [0.25, 0.3) is 6.08 Å². The fourth-order valence-electron chi connectivity index (χ4n) is 2.17. The number of hydrogen-bond donors (Lipinski definition) is 0. The largest absolute Gasteiger partial charge is 0.496 e. The van der Waals surface area contributed by atoms with Gasteiger partial charge in [0.05, 0.1) is 12.0 Å². The fourth-order valence-corrected chi connectivity index (χ4v) is 2.17. The molecule has 0 radical (unpaired) electrons. The van der Waals surface area contributed by atoms with Crippen LogP contribution in [0, 0.1) is 38.6 Å². The van der Waals surface area contributed by atoms with E-state index in [4.69, 9.17) is 20.0 Å². The molecule has 0 aliphatic rings. The van der Waals surface area contributed by atoms with Gasteiger partial charge in [-0.3, -0.25) is 10.1 Å². The van der Waals surface area contributed by atoms with E-state index in [-0.39, 0.29) is 23.6 Å². The van der Waals surface area contributed by atoms with Crippen LogP contribution in [0.15, 0.2) is 42.0 Å². The van der Waals surface area contributed by atoms with Crippen LogP contribution in [0.1, 0.15) is 11.1 Å². The zero-order valence-electron chi connectivity index (χ0n) is 13.6. The molecule has 2 aromatic carbocycles. The van der Waals surface area contributed by atoms with Crippen LogP contribution in [0.3, 0.4) is 0 Å². The summed E-state index contributed by atoms with van der Waals surface area (Å²) >= 11 is 0. The zero-order chi connectivity index (χ0) is 19.1. The van der Waals surface area contributed by atoms with Gasteiger partial charge >= 0.3 is 5.69 Å². The Hall–Kier alpha value is -3.91. The first kappa shape index (κ1) is 18.4. The van der Waals surface area contributed by atoms with Crippen molar-refractivity contribution >= 4 is 11.8 Å². The Balaban J connectivity index is 2.34. The molecule has 0 saturated carbocycles. The van der Waals surface area contributed by atoms with Gasteiger partial charge in [0.15, 0.2) is 5.75 Å². The van der Waals surface area contributed by atoms with Gasteiger partial charge < -0.3 is 9.47 Å². The summed E-state index contributed by atoms with van der Waals surface area (Å²) in [5.41, 5.74) is 0.617. The number of rotatable bonds is 6. The second kappa shape index (κ2) is 8.27. The van der Waals surface area contributed by atoms with E-state index >= 15 is 0 Å². The molecule has 0 saturated heterocycles. The van der Waals surface area contributed by atoms with Crippen LogP contribution in [0.5, 0.6) is 11.5 Å². The maximum absolute atomic E-state index is 13.4.